The zero-order valence-corrected chi connectivity index (χ0v) is 17.0. The topological polar surface area (TPSA) is 88.0 Å². The normalized spacial score (nSPS) is 11.1. The number of amides is 1. The maximum atomic E-state index is 12.7. The lowest BCUT2D eigenvalue weighted by atomic mass is 10.2. The summed E-state index contributed by atoms with van der Waals surface area (Å²) in [6.07, 6.45) is 2.24. The Labute approximate surface area is 176 Å². The third-order valence-electron chi connectivity index (χ3n) is 4.70. The van der Waals surface area contributed by atoms with Gasteiger partial charge >= 0.3 is 0 Å². The third-order valence-corrected chi connectivity index (χ3v) is 5.59. The third kappa shape index (κ3) is 3.60. The van der Waals surface area contributed by atoms with E-state index >= 15 is 0 Å². The SMILES string of the molecule is Cc1nc(-c2cccc(NC(=O)Cc3csc4nc(-c5ccccc5)cn34)c2)n[nH]1. The second-order valence-electron chi connectivity index (χ2n) is 6.92. The number of nitrogens with zero attached hydrogens (tertiary/aromatic N) is 4. The first-order valence-corrected chi connectivity index (χ1v) is 10.3. The van der Waals surface area contributed by atoms with Gasteiger partial charge in [-0.2, -0.15) is 5.10 Å². The molecule has 2 N–H and O–H groups in total. The van der Waals surface area contributed by atoms with Crippen LogP contribution in [0.5, 0.6) is 0 Å². The number of thiazole rings is 1. The lowest BCUT2D eigenvalue weighted by molar-refractivity contribution is -0.115. The number of imidazole rings is 1. The van der Waals surface area contributed by atoms with Crippen molar-refractivity contribution < 1.29 is 4.79 Å². The van der Waals surface area contributed by atoms with Gasteiger partial charge in [-0.25, -0.2) is 9.97 Å². The molecule has 3 heterocycles. The molecule has 5 aromatic rings. The van der Waals surface area contributed by atoms with E-state index in [1.807, 2.05) is 77.5 Å². The van der Waals surface area contributed by atoms with Crippen molar-refractivity contribution in [3.63, 3.8) is 0 Å². The minimum absolute atomic E-state index is 0.0898. The number of fused-ring (bicyclic) bond motifs is 1. The molecule has 0 saturated heterocycles. The van der Waals surface area contributed by atoms with E-state index in [-0.39, 0.29) is 12.3 Å². The van der Waals surface area contributed by atoms with Crippen LogP contribution in [0, 0.1) is 6.92 Å². The molecule has 0 radical (unpaired) electrons. The Hall–Kier alpha value is -3.78. The van der Waals surface area contributed by atoms with Gasteiger partial charge in [-0.1, -0.05) is 42.5 Å². The van der Waals surface area contributed by atoms with Crippen molar-refractivity contribution >= 4 is 27.9 Å². The Morgan fingerprint density at radius 3 is 2.73 bits per heavy atom. The zero-order chi connectivity index (χ0) is 20.5. The number of aryl methyl sites for hydroxylation is 1. The average molecular weight is 414 g/mol. The van der Waals surface area contributed by atoms with E-state index in [1.54, 1.807) is 0 Å². The van der Waals surface area contributed by atoms with Crippen molar-refractivity contribution in [1.29, 1.82) is 0 Å². The first-order chi connectivity index (χ1) is 14.7. The minimum Gasteiger partial charge on any atom is -0.326 e. The van der Waals surface area contributed by atoms with Crippen molar-refractivity contribution in [2.24, 2.45) is 0 Å². The van der Waals surface area contributed by atoms with Gasteiger partial charge in [0.1, 0.15) is 5.82 Å². The second-order valence-corrected chi connectivity index (χ2v) is 7.76. The number of anilines is 1. The van der Waals surface area contributed by atoms with Crippen LogP contribution in [0.25, 0.3) is 27.6 Å². The number of hydrogen-bond acceptors (Lipinski definition) is 5. The predicted octanol–water partition coefficient (Wildman–Crippen LogP) is 4.34. The summed E-state index contributed by atoms with van der Waals surface area (Å²) in [4.78, 5) is 22.6. The summed E-state index contributed by atoms with van der Waals surface area (Å²) in [5.74, 6) is 1.26. The van der Waals surface area contributed by atoms with Gasteiger partial charge in [0.05, 0.1) is 12.1 Å². The molecule has 7 nitrogen and oxygen atoms in total. The maximum Gasteiger partial charge on any atom is 0.230 e. The van der Waals surface area contributed by atoms with E-state index in [9.17, 15) is 4.79 Å². The molecule has 8 heteroatoms. The van der Waals surface area contributed by atoms with Gasteiger partial charge in [0.15, 0.2) is 10.8 Å². The van der Waals surface area contributed by atoms with Crippen molar-refractivity contribution in [1.82, 2.24) is 24.6 Å². The van der Waals surface area contributed by atoms with Gasteiger partial charge < -0.3 is 5.32 Å². The summed E-state index contributed by atoms with van der Waals surface area (Å²) in [6, 6.07) is 17.5. The van der Waals surface area contributed by atoms with E-state index < -0.39 is 0 Å². The number of carbonyl (C=O) groups excluding carboxylic acids is 1. The Balaban J connectivity index is 1.33. The molecule has 2 aromatic carbocycles. The van der Waals surface area contributed by atoms with Crippen LogP contribution in [0.15, 0.2) is 66.2 Å². The highest BCUT2D eigenvalue weighted by molar-refractivity contribution is 7.15. The summed E-state index contributed by atoms with van der Waals surface area (Å²) in [6.45, 7) is 1.85. The Morgan fingerprint density at radius 2 is 1.93 bits per heavy atom. The maximum absolute atomic E-state index is 12.7. The van der Waals surface area contributed by atoms with E-state index in [4.69, 9.17) is 0 Å². The highest BCUT2D eigenvalue weighted by Gasteiger charge is 2.13. The molecule has 0 bridgehead atoms. The largest absolute Gasteiger partial charge is 0.326 e. The van der Waals surface area contributed by atoms with Crippen LogP contribution in [-0.2, 0) is 11.2 Å². The molecule has 0 fully saturated rings. The average Bonchev–Trinajstić information content (AvgIpc) is 3.46. The number of aromatic amines is 1. The Kier molecular flexibility index (Phi) is 4.61. The number of nitrogens with one attached hydrogen (secondary N) is 2. The fourth-order valence-corrected chi connectivity index (χ4v) is 4.15. The molecule has 0 unspecified atom stereocenters. The predicted molar refractivity (Wildman–Crippen MR) is 117 cm³/mol. The van der Waals surface area contributed by atoms with Crippen LogP contribution in [0.1, 0.15) is 11.5 Å². The molecular weight excluding hydrogens is 396 g/mol. The van der Waals surface area contributed by atoms with E-state index in [0.29, 0.717) is 11.5 Å². The van der Waals surface area contributed by atoms with E-state index in [2.05, 4.69) is 25.5 Å². The van der Waals surface area contributed by atoms with Crippen molar-refractivity contribution in [3.05, 3.63) is 77.7 Å². The highest BCUT2D eigenvalue weighted by Crippen LogP contribution is 2.24. The molecule has 0 aliphatic rings. The van der Waals surface area contributed by atoms with Crippen LogP contribution in [0.4, 0.5) is 5.69 Å². The van der Waals surface area contributed by atoms with Gasteiger partial charge in [0.25, 0.3) is 0 Å². The van der Waals surface area contributed by atoms with Crippen molar-refractivity contribution in [2.45, 2.75) is 13.3 Å². The van der Waals surface area contributed by atoms with Gasteiger partial charge in [0, 0.05) is 34.1 Å². The Morgan fingerprint density at radius 1 is 1.10 bits per heavy atom. The van der Waals surface area contributed by atoms with Crippen molar-refractivity contribution in [2.75, 3.05) is 5.32 Å². The number of carbonyl (C=O) groups is 1. The molecule has 1 amide bonds. The zero-order valence-electron chi connectivity index (χ0n) is 16.2. The Bertz CT molecular complexity index is 1330. The number of rotatable bonds is 5. The molecule has 148 valence electrons. The number of benzene rings is 2. The van der Waals surface area contributed by atoms with E-state index in [0.717, 1.165) is 33.3 Å². The summed E-state index contributed by atoms with van der Waals surface area (Å²) >= 11 is 1.53. The molecule has 3 aromatic heterocycles. The lowest BCUT2D eigenvalue weighted by Gasteiger charge is -2.06. The van der Waals surface area contributed by atoms with Gasteiger partial charge in [-0.05, 0) is 19.1 Å². The molecule has 0 atom stereocenters. The molecule has 0 aliphatic heterocycles. The van der Waals surface area contributed by atoms with Crippen LogP contribution in [0.3, 0.4) is 0 Å². The summed E-state index contributed by atoms with van der Waals surface area (Å²) in [5.41, 5.74) is 4.42. The van der Waals surface area contributed by atoms with Gasteiger partial charge in [0.2, 0.25) is 5.91 Å². The fourth-order valence-electron chi connectivity index (χ4n) is 3.28. The molecule has 0 spiro atoms. The summed E-state index contributed by atoms with van der Waals surface area (Å²) < 4.78 is 1.99. The molecule has 0 aliphatic carbocycles. The smallest absolute Gasteiger partial charge is 0.230 e. The van der Waals surface area contributed by atoms with Crippen LogP contribution >= 0.6 is 11.3 Å². The minimum atomic E-state index is -0.0898. The number of hydrogen-bond donors (Lipinski definition) is 2. The van der Waals surface area contributed by atoms with Crippen LogP contribution < -0.4 is 5.32 Å². The molecule has 30 heavy (non-hydrogen) atoms. The number of aromatic nitrogens is 5. The molecular formula is C22H18N6OS. The molecule has 0 saturated carbocycles. The fraction of sp³-hybridized carbons (Fsp3) is 0.0909. The van der Waals surface area contributed by atoms with Crippen molar-refractivity contribution in [3.8, 4) is 22.6 Å². The monoisotopic (exact) mass is 414 g/mol. The number of H-pyrrole nitrogens is 1. The van der Waals surface area contributed by atoms with Gasteiger partial charge in [-0.3, -0.25) is 14.3 Å². The standard InChI is InChI=1S/C22H18N6OS/c1-14-23-21(27-26-14)16-8-5-9-17(10-16)24-20(29)11-18-13-30-22-25-19(12-28(18)22)15-6-3-2-4-7-15/h2-10,12-13H,11H2,1H3,(H,24,29)(H,23,26,27). The highest BCUT2D eigenvalue weighted by atomic mass is 32.1. The first-order valence-electron chi connectivity index (χ1n) is 9.46. The summed E-state index contributed by atoms with van der Waals surface area (Å²) in [7, 11) is 0. The van der Waals surface area contributed by atoms with Crippen LogP contribution in [-0.4, -0.2) is 30.5 Å². The summed E-state index contributed by atoms with van der Waals surface area (Å²) in [5, 5.41) is 11.9. The van der Waals surface area contributed by atoms with Crippen LogP contribution in [0.2, 0.25) is 0 Å². The second kappa shape index (κ2) is 7.57. The quantitative estimate of drug-likeness (QED) is 0.448. The molecule has 5 rings (SSSR count). The first kappa shape index (κ1) is 18.3. The van der Waals surface area contributed by atoms with Gasteiger partial charge in [-0.15, -0.1) is 11.3 Å². The lowest BCUT2D eigenvalue weighted by Crippen LogP contribution is -2.15. The van der Waals surface area contributed by atoms with E-state index in [1.165, 1.54) is 11.3 Å².